The van der Waals surface area contributed by atoms with Gasteiger partial charge in [0.15, 0.2) is 6.04 Å². The number of aromatic nitrogens is 3. The number of methoxy groups -OCH3 is 1. The molecule has 0 bridgehead atoms. The lowest BCUT2D eigenvalue weighted by atomic mass is 10.1. The molecule has 2 aromatic carbocycles. The van der Waals surface area contributed by atoms with E-state index in [9.17, 15) is 14.0 Å². The first kappa shape index (κ1) is 24.1. The van der Waals surface area contributed by atoms with E-state index < -0.39 is 17.8 Å². The molecule has 0 fully saturated rings. The van der Waals surface area contributed by atoms with Gasteiger partial charge in [-0.15, -0.1) is 5.10 Å². The smallest absolute Gasteiger partial charge is 0.250 e. The maximum absolute atomic E-state index is 13.7. The summed E-state index contributed by atoms with van der Waals surface area (Å²) in [6.07, 6.45) is 0. The highest BCUT2D eigenvalue weighted by Gasteiger charge is 2.34. The van der Waals surface area contributed by atoms with Gasteiger partial charge in [-0.3, -0.25) is 9.59 Å². The van der Waals surface area contributed by atoms with Gasteiger partial charge in [0.1, 0.15) is 29.4 Å². The molecule has 0 aliphatic heterocycles. The zero-order valence-electron chi connectivity index (χ0n) is 19.5. The van der Waals surface area contributed by atoms with Crippen LogP contribution >= 0.6 is 0 Å². The molecule has 4 aromatic rings. The van der Waals surface area contributed by atoms with E-state index in [2.05, 4.69) is 15.6 Å². The summed E-state index contributed by atoms with van der Waals surface area (Å²) in [6.45, 7) is 2.23. The number of nitrogens with zero attached hydrogens (tertiary/aromatic N) is 4. The summed E-state index contributed by atoms with van der Waals surface area (Å²) in [5, 5.41) is 11.0. The Morgan fingerprint density at radius 3 is 2.63 bits per heavy atom. The van der Waals surface area contributed by atoms with Crippen LogP contribution in [0.4, 0.5) is 4.39 Å². The Hall–Kier alpha value is -4.05. The largest absolute Gasteiger partial charge is 0.464 e. The van der Waals surface area contributed by atoms with Crippen molar-refractivity contribution in [3.8, 4) is 0 Å². The Morgan fingerprint density at radius 2 is 1.91 bits per heavy atom. The topological polar surface area (TPSA) is 102 Å². The molecule has 0 saturated heterocycles. The van der Waals surface area contributed by atoms with Crippen LogP contribution in [0.5, 0.6) is 0 Å². The number of furan rings is 1. The first-order valence-corrected chi connectivity index (χ1v) is 11.1. The van der Waals surface area contributed by atoms with Crippen LogP contribution < -0.4 is 5.32 Å². The molecule has 4 rings (SSSR count). The van der Waals surface area contributed by atoms with E-state index >= 15 is 0 Å². The van der Waals surface area contributed by atoms with Gasteiger partial charge < -0.3 is 19.4 Å². The molecule has 0 aliphatic carbocycles. The molecule has 2 aromatic heterocycles. The van der Waals surface area contributed by atoms with Crippen molar-refractivity contribution in [2.75, 3.05) is 20.3 Å². The molecule has 9 nitrogen and oxygen atoms in total. The van der Waals surface area contributed by atoms with Crippen molar-refractivity contribution >= 4 is 22.8 Å². The average Bonchev–Trinajstić information content (AvgIpc) is 3.46. The highest BCUT2D eigenvalue weighted by Crippen LogP contribution is 2.26. The maximum Gasteiger partial charge on any atom is 0.250 e. The van der Waals surface area contributed by atoms with E-state index in [1.165, 1.54) is 28.8 Å². The van der Waals surface area contributed by atoms with Crippen molar-refractivity contribution in [1.82, 2.24) is 25.2 Å². The number of nitrogens with one attached hydrogen (secondary N) is 1. The summed E-state index contributed by atoms with van der Waals surface area (Å²) >= 11 is 0. The van der Waals surface area contributed by atoms with Crippen molar-refractivity contribution in [1.29, 1.82) is 0 Å². The fraction of sp³-hybridized carbons (Fsp3) is 0.280. The summed E-state index contributed by atoms with van der Waals surface area (Å²) in [5.41, 5.74) is 2.00. The average molecular weight is 480 g/mol. The number of aryl methyl sites for hydroxylation is 1. The van der Waals surface area contributed by atoms with Crippen LogP contribution in [0.2, 0.25) is 0 Å². The minimum absolute atomic E-state index is 0.0495. The van der Waals surface area contributed by atoms with E-state index in [0.717, 1.165) is 0 Å². The SMILES string of the molecule is COCCNC(=O)[C@H](c1ccc(C)o1)N(Cc1ccc(F)cc1)C(=O)Cn1nnc2ccccc21. The van der Waals surface area contributed by atoms with Gasteiger partial charge in [0.05, 0.1) is 12.1 Å². The monoisotopic (exact) mass is 479 g/mol. The zero-order chi connectivity index (χ0) is 24.8. The second-order valence-corrected chi connectivity index (χ2v) is 8.02. The van der Waals surface area contributed by atoms with Gasteiger partial charge in [0.2, 0.25) is 5.91 Å². The molecule has 1 N–H and O–H groups in total. The number of ether oxygens (including phenoxy) is 1. The van der Waals surface area contributed by atoms with E-state index in [1.807, 2.05) is 18.2 Å². The van der Waals surface area contributed by atoms with Gasteiger partial charge in [-0.2, -0.15) is 0 Å². The standard InChI is InChI=1S/C25H26FN5O4/c1-17-7-12-22(35-17)24(25(33)27-13-14-34-2)30(15-18-8-10-19(26)11-9-18)23(32)16-31-21-6-4-3-5-20(21)28-29-31/h3-12,24H,13-16H2,1-2H3,(H,27,33)/t24-/m0/s1. The fourth-order valence-corrected chi connectivity index (χ4v) is 3.76. The number of rotatable bonds is 10. The van der Waals surface area contributed by atoms with Gasteiger partial charge >= 0.3 is 0 Å². The fourth-order valence-electron chi connectivity index (χ4n) is 3.76. The lowest BCUT2D eigenvalue weighted by Crippen LogP contribution is -2.45. The Morgan fingerprint density at radius 1 is 1.14 bits per heavy atom. The Bertz CT molecular complexity index is 1300. The van der Waals surface area contributed by atoms with Gasteiger partial charge in [-0.25, -0.2) is 9.07 Å². The third-order valence-corrected chi connectivity index (χ3v) is 5.49. The lowest BCUT2D eigenvalue weighted by molar-refractivity contribution is -0.143. The minimum Gasteiger partial charge on any atom is -0.464 e. The van der Waals surface area contributed by atoms with Crippen molar-refractivity contribution in [3.05, 3.63) is 83.6 Å². The van der Waals surface area contributed by atoms with Crippen molar-refractivity contribution in [2.24, 2.45) is 0 Å². The van der Waals surface area contributed by atoms with Crippen LogP contribution in [0.15, 0.2) is 65.1 Å². The molecule has 0 radical (unpaired) electrons. The quantitative estimate of drug-likeness (QED) is 0.351. The van der Waals surface area contributed by atoms with Crippen molar-refractivity contribution in [2.45, 2.75) is 26.1 Å². The van der Waals surface area contributed by atoms with E-state index in [0.29, 0.717) is 34.7 Å². The Balaban J connectivity index is 1.70. The number of hydrogen-bond acceptors (Lipinski definition) is 6. The van der Waals surface area contributed by atoms with E-state index in [-0.39, 0.29) is 25.5 Å². The first-order chi connectivity index (χ1) is 17.0. The lowest BCUT2D eigenvalue weighted by Gasteiger charge is -2.30. The van der Waals surface area contributed by atoms with Gasteiger partial charge in [-0.1, -0.05) is 29.5 Å². The molecule has 182 valence electrons. The van der Waals surface area contributed by atoms with Crippen molar-refractivity contribution in [3.63, 3.8) is 0 Å². The Kier molecular flexibility index (Phi) is 7.51. The summed E-state index contributed by atoms with van der Waals surface area (Å²) in [5.74, 6) is -0.278. The second kappa shape index (κ2) is 10.9. The number of carbonyl (C=O) groups is 2. The van der Waals surface area contributed by atoms with Crippen LogP contribution in [0.3, 0.4) is 0 Å². The molecule has 0 spiro atoms. The first-order valence-electron chi connectivity index (χ1n) is 11.1. The second-order valence-electron chi connectivity index (χ2n) is 8.02. The zero-order valence-corrected chi connectivity index (χ0v) is 19.5. The number of amides is 2. The third kappa shape index (κ3) is 5.72. The molecule has 2 heterocycles. The molecule has 35 heavy (non-hydrogen) atoms. The molecule has 0 aliphatic rings. The van der Waals surface area contributed by atoms with Crippen molar-refractivity contribution < 1.29 is 23.1 Å². The maximum atomic E-state index is 13.7. The van der Waals surface area contributed by atoms with Crippen LogP contribution in [0.25, 0.3) is 11.0 Å². The number of hydrogen-bond donors (Lipinski definition) is 1. The number of para-hydroxylation sites is 1. The summed E-state index contributed by atoms with van der Waals surface area (Å²) < 4.78 is 25.8. The molecule has 0 unspecified atom stereocenters. The van der Waals surface area contributed by atoms with Crippen LogP contribution in [-0.2, 0) is 27.4 Å². The Labute approximate surface area is 201 Å². The van der Waals surface area contributed by atoms with Gasteiger partial charge in [0, 0.05) is 20.2 Å². The predicted octanol–water partition coefficient (Wildman–Crippen LogP) is 3.00. The molecule has 2 amide bonds. The molecular formula is C25H26FN5O4. The highest BCUT2D eigenvalue weighted by atomic mass is 19.1. The summed E-state index contributed by atoms with van der Waals surface area (Å²) in [4.78, 5) is 28.4. The van der Waals surface area contributed by atoms with E-state index in [4.69, 9.17) is 9.15 Å². The molecule has 0 saturated carbocycles. The normalized spacial score (nSPS) is 12.0. The predicted molar refractivity (Wildman–Crippen MR) is 126 cm³/mol. The molecular weight excluding hydrogens is 453 g/mol. The van der Waals surface area contributed by atoms with Gasteiger partial charge in [0.25, 0.3) is 5.91 Å². The van der Waals surface area contributed by atoms with Gasteiger partial charge in [-0.05, 0) is 48.9 Å². The van der Waals surface area contributed by atoms with Crippen LogP contribution in [0, 0.1) is 12.7 Å². The number of benzene rings is 2. The molecule has 1 atom stereocenters. The summed E-state index contributed by atoms with van der Waals surface area (Å²) in [7, 11) is 1.53. The number of carbonyl (C=O) groups excluding carboxylic acids is 2. The third-order valence-electron chi connectivity index (χ3n) is 5.49. The van der Waals surface area contributed by atoms with Crippen LogP contribution in [0.1, 0.15) is 23.1 Å². The van der Waals surface area contributed by atoms with Crippen LogP contribution in [-0.4, -0.2) is 52.0 Å². The highest BCUT2D eigenvalue weighted by molar-refractivity contribution is 5.88. The molecule has 10 heteroatoms. The number of fused-ring (bicyclic) bond motifs is 1. The number of halogens is 1. The van der Waals surface area contributed by atoms with E-state index in [1.54, 1.807) is 37.3 Å². The summed E-state index contributed by atoms with van der Waals surface area (Å²) in [6, 6.07) is 15.4. The minimum atomic E-state index is -1.06.